The van der Waals surface area contributed by atoms with Crippen LogP contribution in [0, 0.1) is 0 Å². The van der Waals surface area contributed by atoms with Crippen molar-refractivity contribution in [2.24, 2.45) is 0 Å². The summed E-state index contributed by atoms with van der Waals surface area (Å²) in [6, 6.07) is 7.11. The Labute approximate surface area is 128 Å². The van der Waals surface area contributed by atoms with Gasteiger partial charge in [0.2, 0.25) is 0 Å². The van der Waals surface area contributed by atoms with Gasteiger partial charge in [0, 0.05) is 23.6 Å². The molecule has 0 radical (unpaired) electrons. The van der Waals surface area contributed by atoms with Crippen LogP contribution in [0.2, 0.25) is 0 Å². The van der Waals surface area contributed by atoms with Crippen molar-refractivity contribution in [3.8, 4) is 28.6 Å². The van der Waals surface area contributed by atoms with Gasteiger partial charge >= 0.3 is 5.63 Å². The van der Waals surface area contributed by atoms with Gasteiger partial charge in [0.1, 0.15) is 23.0 Å². The molecule has 0 spiro atoms. The highest BCUT2D eigenvalue weighted by Gasteiger charge is 2.28. The molecule has 0 saturated carbocycles. The zero-order valence-corrected chi connectivity index (χ0v) is 12.8. The molecular weight excluding hydrogens is 284 g/mol. The van der Waals surface area contributed by atoms with Crippen molar-refractivity contribution in [1.29, 1.82) is 0 Å². The van der Waals surface area contributed by atoms with Crippen LogP contribution in [-0.4, -0.2) is 20.8 Å². The lowest BCUT2D eigenvalue weighted by molar-refractivity contribution is 0.328. The minimum Gasteiger partial charge on any atom is -0.497 e. The van der Waals surface area contributed by atoms with Crippen LogP contribution < -0.4 is 19.8 Å². The number of rotatable bonds is 4. The summed E-state index contributed by atoms with van der Waals surface area (Å²) >= 11 is 0. The maximum absolute atomic E-state index is 12.3. The van der Waals surface area contributed by atoms with Gasteiger partial charge in [-0.2, -0.15) is 0 Å². The molecule has 2 aromatic rings. The molecule has 0 N–H and O–H groups in total. The van der Waals surface area contributed by atoms with Crippen LogP contribution in [0.5, 0.6) is 17.2 Å². The van der Waals surface area contributed by atoms with E-state index in [2.05, 4.69) is 0 Å². The molecule has 116 valence electrons. The number of methoxy groups -OCH3 is 2. The second-order valence-corrected chi connectivity index (χ2v) is 5.19. The minimum atomic E-state index is -0.335. The number of fused-ring (bicyclic) bond motifs is 1. The molecule has 22 heavy (non-hydrogen) atoms. The van der Waals surface area contributed by atoms with Crippen LogP contribution in [-0.2, 0) is 0 Å². The van der Waals surface area contributed by atoms with Crippen molar-refractivity contribution in [1.82, 2.24) is 0 Å². The molecule has 0 aliphatic carbocycles. The van der Waals surface area contributed by atoms with E-state index in [-0.39, 0.29) is 11.5 Å². The molecule has 5 nitrogen and oxygen atoms in total. The largest absolute Gasteiger partial charge is 0.497 e. The predicted molar refractivity (Wildman–Crippen MR) is 82.0 cm³/mol. The molecule has 5 heteroatoms. The average Bonchev–Trinajstić information content (AvgIpc) is 2.97. The van der Waals surface area contributed by atoms with E-state index >= 15 is 0 Å². The fraction of sp³-hybridized carbons (Fsp3) is 0.353. The molecule has 0 fully saturated rings. The first-order valence-electron chi connectivity index (χ1n) is 7.20. The molecular formula is C17H18O5. The number of benzene rings is 1. The summed E-state index contributed by atoms with van der Waals surface area (Å²) in [7, 11) is 3.15. The van der Waals surface area contributed by atoms with Crippen molar-refractivity contribution in [2.45, 2.75) is 19.3 Å². The number of hydrogen-bond donors (Lipinski definition) is 0. The summed E-state index contributed by atoms with van der Waals surface area (Å²) in [4.78, 5) is 12.3. The average molecular weight is 302 g/mol. The van der Waals surface area contributed by atoms with Crippen molar-refractivity contribution < 1.29 is 18.6 Å². The lowest BCUT2D eigenvalue weighted by Crippen LogP contribution is -2.10. The maximum atomic E-state index is 12.3. The Bertz CT molecular complexity index is 725. The van der Waals surface area contributed by atoms with E-state index in [1.807, 2.05) is 6.92 Å². The first-order chi connectivity index (χ1) is 10.7. The van der Waals surface area contributed by atoms with E-state index in [1.54, 1.807) is 38.5 Å². The molecule has 3 rings (SSSR count). The lowest BCUT2D eigenvalue weighted by atomic mass is 10.0. The van der Waals surface area contributed by atoms with Gasteiger partial charge in [0.05, 0.1) is 26.4 Å². The second-order valence-electron chi connectivity index (χ2n) is 5.19. The van der Waals surface area contributed by atoms with Crippen molar-refractivity contribution in [2.75, 3.05) is 20.8 Å². The second kappa shape index (κ2) is 5.75. The molecule has 0 bridgehead atoms. The molecule has 1 aliphatic rings. The first kappa shape index (κ1) is 14.5. The van der Waals surface area contributed by atoms with Crippen LogP contribution in [0.1, 0.15) is 24.8 Å². The summed E-state index contributed by atoms with van der Waals surface area (Å²) in [6.07, 6.45) is 0.851. The van der Waals surface area contributed by atoms with E-state index in [4.69, 9.17) is 18.6 Å². The Hall–Kier alpha value is -2.43. The van der Waals surface area contributed by atoms with E-state index in [0.29, 0.717) is 40.7 Å². The molecule has 1 atom stereocenters. The predicted octanol–water partition coefficient (Wildman–Crippen LogP) is 3.21. The third kappa shape index (κ3) is 2.43. The molecule has 1 unspecified atom stereocenters. The third-order valence-corrected chi connectivity index (χ3v) is 3.93. The molecule has 1 aromatic carbocycles. The standard InChI is InChI=1S/C17H18O5/c1-4-10-9-21-15-8-14(22-17(18)16(10)15)11-5-12(19-2)7-13(6-11)20-3/h5-8,10H,4,9H2,1-3H3. The van der Waals surface area contributed by atoms with Crippen LogP contribution >= 0.6 is 0 Å². The highest BCUT2D eigenvalue weighted by molar-refractivity contribution is 5.64. The van der Waals surface area contributed by atoms with Gasteiger partial charge < -0.3 is 18.6 Å². The third-order valence-electron chi connectivity index (χ3n) is 3.93. The van der Waals surface area contributed by atoms with Gasteiger partial charge in [-0.1, -0.05) is 6.92 Å². The Morgan fingerprint density at radius 2 is 1.82 bits per heavy atom. The van der Waals surface area contributed by atoms with E-state index < -0.39 is 0 Å². The van der Waals surface area contributed by atoms with Gasteiger partial charge in [-0.3, -0.25) is 0 Å². The van der Waals surface area contributed by atoms with Crippen LogP contribution in [0.4, 0.5) is 0 Å². The molecule has 1 aromatic heterocycles. The highest BCUT2D eigenvalue weighted by Crippen LogP contribution is 2.37. The Morgan fingerprint density at radius 1 is 1.14 bits per heavy atom. The van der Waals surface area contributed by atoms with E-state index in [9.17, 15) is 4.79 Å². The van der Waals surface area contributed by atoms with Gasteiger partial charge in [-0.25, -0.2) is 4.79 Å². The maximum Gasteiger partial charge on any atom is 0.343 e. The normalized spacial score (nSPS) is 16.0. The Kier molecular flexibility index (Phi) is 3.79. The van der Waals surface area contributed by atoms with Gasteiger partial charge in [-0.05, 0) is 18.6 Å². The monoisotopic (exact) mass is 302 g/mol. The van der Waals surface area contributed by atoms with Gasteiger partial charge in [-0.15, -0.1) is 0 Å². The fourth-order valence-corrected chi connectivity index (χ4v) is 2.66. The zero-order chi connectivity index (χ0) is 15.7. The topological polar surface area (TPSA) is 57.9 Å². The van der Waals surface area contributed by atoms with Gasteiger partial charge in [0.25, 0.3) is 0 Å². The summed E-state index contributed by atoms with van der Waals surface area (Å²) in [5.74, 6) is 2.42. The number of hydrogen-bond acceptors (Lipinski definition) is 5. The van der Waals surface area contributed by atoms with Crippen molar-refractivity contribution in [3.63, 3.8) is 0 Å². The smallest absolute Gasteiger partial charge is 0.343 e. The van der Waals surface area contributed by atoms with Crippen molar-refractivity contribution >= 4 is 0 Å². The number of ether oxygens (including phenoxy) is 3. The van der Waals surface area contributed by atoms with Crippen LogP contribution in [0.3, 0.4) is 0 Å². The fourth-order valence-electron chi connectivity index (χ4n) is 2.66. The van der Waals surface area contributed by atoms with Crippen LogP contribution in [0.15, 0.2) is 33.5 Å². The summed E-state index contributed by atoms with van der Waals surface area (Å²) in [5.41, 5.74) is 1.01. The molecule has 1 aliphatic heterocycles. The lowest BCUT2D eigenvalue weighted by Gasteiger charge is -2.09. The summed E-state index contributed by atoms with van der Waals surface area (Å²) < 4.78 is 21.6. The highest BCUT2D eigenvalue weighted by atomic mass is 16.5. The molecule has 0 amide bonds. The van der Waals surface area contributed by atoms with Crippen molar-refractivity contribution in [3.05, 3.63) is 40.2 Å². The minimum absolute atomic E-state index is 0.111. The van der Waals surface area contributed by atoms with E-state index in [0.717, 1.165) is 6.42 Å². The molecule has 0 saturated heterocycles. The molecule has 2 heterocycles. The summed E-state index contributed by atoms with van der Waals surface area (Å²) in [6.45, 7) is 2.56. The Balaban J connectivity index is 2.11. The quantitative estimate of drug-likeness (QED) is 0.868. The van der Waals surface area contributed by atoms with Crippen LogP contribution in [0.25, 0.3) is 11.3 Å². The zero-order valence-electron chi connectivity index (χ0n) is 12.8. The summed E-state index contributed by atoms with van der Waals surface area (Å²) in [5, 5.41) is 0. The SMILES string of the molecule is CCC1COc2cc(-c3cc(OC)cc(OC)c3)oc(=O)c21. The van der Waals surface area contributed by atoms with Gasteiger partial charge in [0.15, 0.2) is 0 Å². The first-order valence-corrected chi connectivity index (χ1v) is 7.20. The Morgan fingerprint density at radius 3 is 2.41 bits per heavy atom. The van der Waals surface area contributed by atoms with E-state index in [1.165, 1.54) is 0 Å².